The lowest BCUT2D eigenvalue weighted by Crippen LogP contribution is -2.26. The molecule has 0 saturated carbocycles. The number of fused-ring (bicyclic) bond motifs is 1. The lowest BCUT2D eigenvalue weighted by Gasteiger charge is -2.10. The predicted octanol–water partition coefficient (Wildman–Crippen LogP) is 3.05. The fraction of sp³-hybridized carbons (Fsp3) is 0.211. The number of aryl methyl sites for hydroxylation is 1. The van der Waals surface area contributed by atoms with Gasteiger partial charge in [0.2, 0.25) is 5.89 Å². The molecule has 25 heavy (non-hydrogen) atoms. The Morgan fingerprint density at radius 1 is 1.28 bits per heavy atom. The van der Waals surface area contributed by atoms with Gasteiger partial charge in [-0.15, -0.1) is 0 Å². The van der Waals surface area contributed by atoms with Crippen LogP contribution in [-0.4, -0.2) is 9.55 Å². The molecule has 0 spiro atoms. The molecule has 2 heterocycles. The van der Waals surface area contributed by atoms with Crippen LogP contribution in [-0.2, 0) is 19.4 Å². The van der Waals surface area contributed by atoms with E-state index in [0.717, 1.165) is 30.5 Å². The minimum Gasteiger partial charge on any atom is -0.439 e. The average molecular weight is 335 g/mol. The van der Waals surface area contributed by atoms with E-state index in [0.29, 0.717) is 17.2 Å². The zero-order valence-corrected chi connectivity index (χ0v) is 13.3. The molecule has 5 nitrogen and oxygen atoms in total. The van der Waals surface area contributed by atoms with Gasteiger partial charge in [0.1, 0.15) is 24.0 Å². The molecule has 1 aliphatic carbocycles. The zero-order chi connectivity index (χ0) is 17.4. The summed E-state index contributed by atoms with van der Waals surface area (Å²) in [6.45, 7) is 0.178. The Morgan fingerprint density at radius 2 is 2.08 bits per heavy atom. The third kappa shape index (κ3) is 2.74. The van der Waals surface area contributed by atoms with Gasteiger partial charge in [0.25, 0.3) is 5.56 Å². The van der Waals surface area contributed by atoms with Gasteiger partial charge in [0.05, 0.1) is 6.20 Å². The number of pyridine rings is 1. The molecule has 0 N–H and O–H groups in total. The van der Waals surface area contributed by atoms with Crippen molar-refractivity contribution in [2.24, 2.45) is 0 Å². The summed E-state index contributed by atoms with van der Waals surface area (Å²) in [6.07, 6.45) is 4.20. The SMILES string of the molecule is N#Cc1cc2c(n(Cc3ncc(-c4ccc(F)cc4)o3)c1=O)CCC2. The van der Waals surface area contributed by atoms with Crippen LogP contribution in [0.3, 0.4) is 0 Å². The van der Waals surface area contributed by atoms with Gasteiger partial charge in [-0.2, -0.15) is 5.26 Å². The van der Waals surface area contributed by atoms with E-state index in [9.17, 15) is 14.4 Å². The Kier molecular flexibility index (Phi) is 3.69. The molecule has 0 unspecified atom stereocenters. The monoisotopic (exact) mass is 335 g/mol. The first kappa shape index (κ1) is 15.3. The molecule has 3 aromatic rings. The number of aromatic nitrogens is 2. The standard InChI is InChI=1S/C19H14FN3O2/c20-15-6-4-12(5-7-15)17-10-22-18(25-17)11-23-16-3-1-2-13(16)8-14(9-21)19(23)24/h4-8,10H,1-3,11H2. The lowest BCUT2D eigenvalue weighted by molar-refractivity contribution is 0.480. The third-order valence-electron chi connectivity index (χ3n) is 4.45. The fourth-order valence-electron chi connectivity index (χ4n) is 3.23. The summed E-state index contributed by atoms with van der Waals surface area (Å²) < 4.78 is 20.3. The van der Waals surface area contributed by atoms with Crippen LogP contribution in [0.1, 0.15) is 29.1 Å². The van der Waals surface area contributed by atoms with Crippen molar-refractivity contribution >= 4 is 0 Å². The topological polar surface area (TPSA) is 71.8 Å². The zero-order valence-electron chi connectivity index (χ0n) is 13.3. The summed E-state index contributed by atoms with van der Waals surface area (Å²) in [4.78, 5) is 16.7. The van der Waals surface area contributed by atoms with Crippen LogP contribution in [0.25, 0.3) is 11.3 Å². The van der Waals surface area contributed by atoms with Gasteiger partial charge in [0, 0.05) is 11.3 Å². The molecule has 1 aliphatic rings. The van der Waals surface area contributed by atoms with E-state index in [1.165, 1.54) is 12.1 Å². The lowest BCUT2D eigenvalue weighted by atomic mass is 10.1. The van der Waals surface area contributed by atoms with Crippen molar-refractivity contribution < 1.29 is 8.81 Å². The van der Waals surface area contributed by atoms with E-state index in [-0.39, 0.29) is 23.5 Å². The molecule has 4 rings (SSSR count). The molecule has 2 aromatic heterocycles. The number of benzene rings is 1. The van der Waals surface area contributed by atoms with Crippen LogP contribution in [0.15, 0.2) is 45.7 Å². The second-order valence-electron chi connectivity index (χ2n) is 6.01. The smallest absolute Gasteiger partial charge is 0.269 e. The van der Waals surface area contributed by atoms with Crippen molar-refractivity contribution in [2.75, 3.05) is 0 Å². The molecule has 6 heteroatoms. The number of oxazole rings is 1. The Hall–Kier alpha value is -3.20. The molecule has 0 amide bonds. The number of nitrogens with zero attached hydrogens (tertiary/aromatic N) is 3. The highest BCUT2D eigenvalue weighted by molar-refractivity contribution is 5.55. The van der Waals surface area contributed by atoms with Crippen molar-refractivity contribution in [1.82, 2.24) is 9.55 Å². The molecule has 0 aliphatic heterocycles. The first-order valence-corrected chi connectivity index (χ1v) is 8.02. The largest absolute Gasteiger partial charge is 0.439 e. The van der Waals surface area contributed by atoms with Gasteiger partial charge in [-0.3, -0.25) is 4.79 Å². The molecule has 0 saturated heterocycles. The van der Waals surface area contributed by atoms with Crippen LogP contribution < -0.4 is 5.56 Å². The van der Waals surface area contributed by atoms with E-state index >= 15 is 0 Å². The quantitative estimate of drug-likeness (QED) is 0.737. The van der Waals surface area contributed by atoms with Gasteiger partial charge >= 0.3 is 0 Å². The van der Waals surface area contributed by atoms with Crippen LogP contribution in [0.4, 0.5) is 4.39 Å². The highest BCUT2D eigenvalue weighted by atomic mass is 19.1. The van der Waals surface area contributed by atoms with Crippen molar-refractivity contribution in [1.29, 1.82) is 5.26 Å². The van der Waals surface area contributed by atoms with E-state index in [2.05, 4.69) is 4.98 Å². The maximum absolute atomic E-state index is 13.0. The van der Waals surface area contributed by atoms with Crippen LogP contribution in [0.2, 0.25) is 0 Å². The average Bonchev–Trinajstić information content (AvgIpc) is 3.27. The number of nitriles is 1. The van der Waals surface area contributed by atoms with E-state index in [1.807, 2.05) is 6.07 Å². The Balaban J connectivity index is 1.70. The number of halogens is 1. The number of hydrogen-bond acceptors (Lipinski definition) is 4. The van der Waals surface area contributed by atoms with Crippen LogP contribution >= 0.6 is 0 Å². The van der Waals surface area contributed by atoms with Crippen LogP contribution in [0.5, 0.6) is 0 Å². The maximum atomic E-state index is 13.0. The molecule has 124 valence electrons. The summed E-state index contributed by atoms with van der Waals surface area (Å²) in [5.41, 5.74) is 2.53. The van der Waals surface area contributed by atoms with Gasteiger partial charge in [-0.1, -0.05) is 0 Å². The van der Waals surface area contributed by atoms with Gasteiger partial charge < -0.3 is 8.98 Å². The van der Waals surface area contributed by atoms with Crippen molar-refractivity contribution in [3.63, 3.8) is 0 Å². The highest BCUT2D eigenvalue weighted by Gasteiger charge is 2.20. The summed E-state index contributed by atoms with van der Waals surface area (Å²) in [5.74, 6) is 0.570. The minimum absolute atomic E-state index is 0.144. The summed E-state index contributed by atoms with van der Waals surface area (Å²) in [7, 11) is 0. The van der Waals surface area contributed by atoms with E-state index < -0.39 is 0 Å². The van der Waals surface area contributed by atoms with Gasteiger partial charge in [-0.05, 0) is 55.2 Å². The third-order valence-corrected chi connectivity index (χ3v) is 4.45. The van der Waals surface area contributed by atoms with Crippen molar-refractivity contribution in [3.8, 4) is 17.4 Å². The fourth-order valence-corrected chi connectivity index (χ4v) is 3.23. The Labute approximate surface area is 143 Å². The maximum Gasteiger partial charge on any atom is 0.269 e. The van der Waals surface area contributed by atoms with Gasteiger partial charge in [-0.25, -0.2) is 9.37 Å². The summed E-state index contributed by atoms with van der Waals surface area (Å²) in [6, 6.07) is 9.59. The van der Waals surface area contributed by atoms with Crippen molar-refractivity contribution in [3.05, 3.63) is 75.4 Å². The molecule has 1 aromatic carbocycles. The summed E-state index contributed by atoms with van der Waals surface area (Å²) >= 11 is 0. The molecule has 0 fully saturated rings. The highest BCUT2D eigenvalue weighted by Crippen LogP contribution is 2.24. The van der Waals surface area contributed by atoms with Crippen LogP contribution in [0, 0.1) is 17.1 Å². The Bertz CT molecular complexity index is 1040. The molecule has 0 bridgehead atoms. The molecular formula is C19H14FN3O2. The van der Waals surface area contributed by atoms with E-state index in [1.54, 1.807) is 29.0 Å². The normalized spacial score (nSPS) is 12.8. The molecular weight excluding hydrogens is 321 g/mol. The first-order valence-electron chi connectivity index (χ1n) is 8.02. The number of hydrogen-bond donors (Lipinski definition) is 0. The van der Waals surface area contributed by atoms with E-state index in [4.69, 9.17) is 4.42 Å². The second kappa shape index (κ2) is 6.02. The molecule has 0 radical (unpaired) electrons. The van der Waals surface area contributed by atoms with Crippen molar-refractivity contribution in [2.45, 2.75) is 25.8 Å². The minimum atomic E-state index is -0.320. The summed E-state index contributed by atoms with van der Waals surface area (Å²) in [5, 5.41) is 9.18. The van der Waals surface area contributed by atoms with Gasteiger partial charge in [0.15, 0.2) is 5.76 Å². The first-order chi connectivity index (χ1) is 12.2. The second-order valence-corrected chi connectivity index (χ2v) is 6.01. The Morgan fingerprint density at radius 3 is 2.84 bits per heavy atom. The number of rotatable bonds is 3. The molecule has 0 atom stereocenters. The predicted molar refractivity (Wildman–Crippen MR) is 88.4 cm³/mol.